The second-order valence-electron chi connectivity index (χ2n) is 8.43. The molecule has 0 saturated carbocycles. The fourth-order valence-corrected chi connectivity index (χ4v) is 3.33. The van der Waals surface area contributed by atoms with Crippen molar-refractivity contribution in [3.63, 3.8) is 0 Å². The lowest BCUT2D eigenvalue weighted by Crippen LogP contribution is -2.14. The highest BCUT2D eigenvalue weighted by molar-refractivity contribution is 5.85. The number of carbonyl (C=O) groups is 3. The molecule has 0 heterocycles. The first-order valence-electron chi connectivity index (χ1n) is 12.9. The third-order valence-corrected chi connectivity index (χ3v) is 5.35. The highest BCUT2D eigenvalue weighted by Gasteiger charge is 2.06. The highest BCUT2D eigenvalue weighted by Crippen LogP contribution is 2.17. The second-order valence-corrected chi connectivity index (χ2v) is 8.43. The Bertz CT molecular complexity index is 1160. The molecule has 0 aliphatic heterocycles. The van der Waals surface area contributed by atoms with Crippen LogP contribution in [0.2, 0.25) is 0 Å². The molecule has 40 heavy (non-hydrogen) atoms. The Labute approximate surface area is 232 Å². The van der Waals surface area contributed by atoms with Crippen LogP contribution in [-0.4, -0.2) is 44.1 Å². The maximum Gasteiger partial charge on any atom is 0.411 e. The second kappa shape index (κ2) is 19.2. The minimum Gasteiger partial charge on any atom is -0.466 e. The van der Waals surface area contributed by atoms with Gasteiger partial charge in [0.15, 0.2) is 0 Å². The Kier molecular flexibility index (Phi) is 15.1. The summed E-state index contributed by atoms with van der Waals surface area (Å²) in [6.07, 6.45) is 7.24. The van der Waals surface area contributed by atoms with E-state index in [4.69, 9.17) is 19.5 Å². The molecule has 2 aromatic carbocycles. The Morgan fingerprint density at radius 1 is 0.700 bits per heavy atom. The number of nitrogens with one attached hydrogen (secondary N) is 2. The van der Waals surface area contributed by atoms with Gasteiger partial charge < -0.3 is 18.9 Å². The maximum atomic E-state index is 11.8. The number of anilines is 2. The van der Waals surface area contributed by atoms with Gasteiger partial charge in [0.2, 0.25) is 6.08 Å². The lowest BCUT2D eigenvalue weighted by Gasteiger charge is -2.08. The predicted molar refractivity (Wildman–Crippen MR) is 145 cm³/mol. The van der Waals surface area contributed by atoms with Gasteiger partial charge in [0, 0.05) is 17.8 Å². The summed E-state index contributed by atoms with van der Waals surface area (Å²) in [5, 5.41) is 13.6. The summed E-state index contributed by atoms with van der Waals surface area (Å²) in [6, 6.07) is 12.6. The molecule has 0 spiro atoms. The molecular formula is C28H32N4O8. The number of isocyanates is 1. The molecule has 0 fully saturated rings. The lowest BCUT2D eigenvalue weighted by molar-refractivity contribution is -0.143. The number of nitrogens with zero attached hydrogens (tertiary/aromatic N) is 2. The molecule has 2 amide bonds. The zero-order valence-corrected chi connectivity index (χ0v) is 22.1. The van der Waals surface area contributed by atoms with Crippen LogP contribution in [-0.2, 0) is 23.8 Å². The van der Waals surface area contributed by atoms with Crippen molar-refractivity contribution in [1.82, 2.24) is 0 Å². The number of ether oxygens (including phenoxy) is 4. The van der Waals surface area contributed by atoms with Crippen LogP contribution in [0.25, 0.3) is 0 Å². The minimum absolute atomic E-state index is 0.228. The first-order chi connectivity index (χ1) is 19.5. The number of aliphatic imine (C=N–C) groups is 1. The van der Waals surface area contributed by atoms with Crippen molar-refractivity contribution in [2.24, 2.45) is 4.99 Å². The van der Waals surface area contributed by atoms with Crippen LogP contribution >= 0.6 is 0 Å². The van der Waals surface area contributed by atoms with E-state index < -0.39 is 12.2 Å². The van der Waals surface area contributed by atoms with E-state index in [9.17, 15) is 19.2 Å². The van der Waals surface area contributed by atoms with Crippen molar-refractivity contribution in [2.75, 3.05) is 30.5 Å². The molecule has 2 aromatic rings. The van der Waals surface area contributed by atoms with Crippen LogP contribution in [0.1, 0.15) is 51.4 Å². The first-order valence-corrected chi connectivity index (χ1v) is 12.9. The van der Waals surface area contributed by atoms with Crippen LogP contribution < -0.4 is 15.4 Å². The summed E-state index contributed by atoms with van der Waals surface area (Å²) in [7, 11) is 0. The van der Waals surface area contributed by atoms with Gasteiger partial charge in [-0.3, -0.25) is 15.4 Å². The smallest absolute Gasteiger partial charge is 0.411 e. The Hall–Kier alpha value is -4.88. The van der Waals surface area contributed by atoms with Gasteiger partial charge in [-0.15, -0.1) is 5.26 Å². The van der Waals surface area contributed by atoms with Gasteiger partial charge in [-0.05, 0) is 93.5 Å². The number of hydrogen-bond acceptors (Lipinski definition) is 10. The van der Waals surface area contributed by atoms with Crippen molar-refractivity contribution in [3.05, 3.63) is 48.5 Å². The van der Waals surface area contributed by atoms with Crippen molar-refractivity contribution < 1.29 is 38.1 Å². The number of rotatable bonds is 17. The molecule has 2 rings (SSSR count). The fraction of sp³-hybridized carbons (Fsp3) is 0.393. The number of hydrogen-bond donors (Lipinski definition) is 2. The van der Waals surface area contributed by atoms with Gasteiger partial charge >= 0.3 is 18.2 Å². The van der Waals surface area contributed by atoms with E-state index in [1.54, 1.807) is 54.8 Å². The maximum absolute atomic E-state index is 11.8. The number of esters is 1. The molecule has 0 aromatic heterocycles. The summed E-state index contributed by atoms with van der Waals surface area (Å²) in [5.41, 5.74) is 1.48. The van der Waals surface area contributed by atoms with E-state index in [-0.39, 0.29) is 19.2 Å². The van der Waals surface area contributed by atoms with Crippen molar-refractivity contribution in [2.45, 2.75) is 51.4 Å². The number of nitriles is 1. The van der Waals surface area contributed by atoms with Crippen LogP contribution in [0.4, 0.5) is 26.7 Å². The van der Waals surface area contributed by atoms with Gasteiger partial charge in [0.1, 0.15) is 5.75 Å². The largest absolute Gasteiger partial charge is 0.466 e. The summed E-state index contributed by atoms with van der Waals surface area (Å²) in [4.78, 5) is 49.1. The van der Waals surface area contributed by atoms with Crippen molar-refractivity contribution in [1.29, 1.82) is 5.26 Å². The zero-order chi connectivity index (χ0) is 28.8. The summed E-state index contributed by atoms with van der Waals surface area (Å²) in [5.74, 6) is 0.124. The Morgan fingerprint density at radius 3 is 1.73 bits per heavy atom. The quantitative estimate of drug-likeness (QED) is 0.0600. The molecule has 0 atom stereocenters. The number of unbranched alkanes of at least 4 members (excludes halogenated alkanes) is 5. The third kappa shape index (κ3) is 14.2. The molecule has 212 valence electrons. The van der Waals surface area contributed by atoms with Crippen LogP contribution in [0.3, 0.4) is 0 Å². The summed E-state index contributed by atoms with van der Waals surface area (Å²) in [6.45, 7) is 0.848. The summed E-state index contributed by atoms with van der Waals surface area (Å²) >= 11 is 0. The molecule has 0 bridgehead atoms. The van der Waals surface area contributed by atoms with E-state index in [1.807, 2.05) is 0 Å². The van der Waals surface area contributed by atoms with Gasteiger partial charge in [0.05, 0.1) is 25.5 Å². The van der Waals surface area contributed by atoms with Crippen LogP contribution in [0, 0.1) is 11.5 Å². The topological polar surface area (TPSA) is 165 Å². The van der Waals surface area contributed by atoms with E-state index in [1.165, 1.54) is 6.08 Å². The van der Waals surface area contributed by atoms with Crippen molar-refractivity contribution >= 4 is 41.3 Å². The average molecular weight is 553 g/mol. The first kappa shape index (κ1) is 31.3. The number of benzene rings is 2. The predicted octanol–water partition coefficient (Wildman–Crippen LogP) is 5.97. The highest BCUT2D eigenvalue weighted by atomic mass is 16.6. The molecule has 12 heteroatoms. The number of amides is 2. The lowest BCUT2D eigenvalue weighted by atomic mass is 10.2. The van der Waals surface area contributed by atoms with E-state index in [0.717, 1.165) is 25.7 Å². The molecule has 2 N–H and O–H groups in total. The van der Waals surface area contributed by atoms with E-state index in [2.05, 4.69) is 20.4 Å². The zero-order valence-electron chi connectivity index (χ0n) is 22.1. The van der Waals surface area contributed by atoms with Gasteiger partial charge in [-0.2, -0.15) is 4.99 Å². The van der Waals surface area contributed by atoms with Crippen molar-refractivity contribution in [3.8, 4) is 12.0 Å². The molecule has 0 saturated heterocycles. The summed E-state index contributed by atoms with van der Waals surface area (Å²) < 4.78 is 20.1. The molecule has 0 radical (unpaired) electrons. The Balaban J connectivity index is 1.38. The minimum atomic E-state index is -0.587. The molecular weight excluding hydrogens is 520 g/mol. The number of carbonyl (C=O) groups excluding carboxylic acids is 4. The van der Waals surface area contributed by atoms with Gasteiger partial charge in [-0.25, -0.2) is 14.4 Å². The standard InChI is InChI=1S/C28H32N4O8/c29-20-40-25-15-13-24(14-16-25)32-28(36)38-18-6-2-1-5-17-37-26(34)8-4-3-7-19-39-27(35)31-23-11-9-22(10-12-23)30-21-33/h9-16H,1-8,17-19H2,(H,31,35)(H,32,36). The monoisotopic (exact) mass is 552 g/mol. The average Bonchev–Trinajstić information content (AvgIpc) is 2.94. The van der Waals surface area contributed by atoms with E-state index >= 15 is 0 Å². The van der Waals surface area contributed by atoms with Gasteiger partial charge in [-0.1, -0.05) is 0 Å². The third-order valence-electron chi connectivity index (χ3n) is 5.35. The normalized spacial score (nSPS) is 9.88. The molecule has 0 aliphatic rings. The molecule has 0 aliphatic carbocycles. The van der Waals surface area contributed by atoms with Crippen LogP contribution in [0.15, 0.2) is 53.5 Å². The SMILES string of the molecule is N#COc1ccc(NC(=O)OCCCCCCOC(=O)CCCCCOC(=O)Nc2ccc(N=C=O)cc2)cc1. The van der Waals surface area contributed by atoms with Crippen LogP contribution in [0.5, 0.6) is 5.75 Å². The molecule has 0 unspecified atom stereocenters. The fourth-order valence-electron chi connectivity index (χ4n) is 3.33. The molecule has 12 nitrogen and oxygen atoms in total. The van der Waals surface area contributed by atoms with E-state index in [0.29, 0.717) is 55.1 Å². The van der Waals surface area contributed by atoms with Gasteiger partial charge in [0.25, 0.3) is 6.26 Å². The Morgan fingerprint density at radius 2 is 1.20 bits per heavy atom.